The fourth-order valence-corrected chi connectivity index (χ4v) is 3.53. The molecule has 1 aliphatic rings. The number of rotatable bonds is 6. The molecule has 2 heterocycles. The molecule has 0 radical (unpaired) electrons. The highest BCUT2D eigenvalue weighted by atomic mass is 32.1. The van der Waals surface area contributed by atoms with Crippen LogP contribution in [0.2, 0.25) is 0 Å². The number of benzene rings is 1. The second-order valence-corrected chi connectivity index (χ2v) is 6.92. The molecule has 1 fully saturated rings. The molecule has 1 atom stereocenters. The highest BCUT2D eigenvalue weighted by Gasteiger charge is 2.13. The summed E-state index contributed by atoms with van der Waals surface area (Å²) in [5.41, 5.74) is 3.30. The average Bonchev–Trinajstić information content (AvgIpc) is 3.09. The normalized spacial score (nSPS) is 16.0. The average molecular weight is 346 g/mol. The number of thiophene rings is 1. The monoisotopic (exact) mass is 346 g/mol. The first-order chi connectivity index (χ1) is 11.7. The third kappa shape index (κ3) is 4.80. The molecular weight excluding hydrogens is 322 g/mol. The Morgan fingerprint density at radius 1 is 1.25 bits per heavy atom. The quantitative estimate of drug-likeness (QED) is 0.827. The van der Waals surface area contributed by atoms with Crippen LogP contribution in [0.4, 0.5) is 11.4 Å². The van der Waals surface area contributed by atoms with Crippen LogP contribution in [0, 0.1) is 0 Å². The van der Waals surface area contributed by atoms with E-state index in [1.165, 1.54) is 16.2 Å². The van der Waals surface area contributed by atoms with Crippen molar-refractivity contribution in [3.05, 3.63) is 46.7 Å². The van der Waals surface area contributed by atoms with Crippen molar-refractivity contribution in [2.24, 2.45) is 0 Å². The standard InChI is InChI=1S/C18H23N3O2S/c1-20(12-15-6-11-24-14-15)13-18(22)19-16-2-4-17(5-3-16)21-7-9-23-10-8-21/h2-6,11,14H,7-10,12-13H2,1H3,(H,19,22)/p+1. The van der Waals surface area contributed by atoms with Crippen molar-refractivity contribution in [2.75, 3.05) is 50.1 Å². The van der Waals surface area contributed by atoms with Crippen molar-refractivity contribution in [3.8, 4) is 0 Å². The number of morpholine rings is 1. The molecule has 1 amide bonds. The van der Waals surface area contributed by atoms with E-state index < -0.39 is 0 Å². The van der Waals surface area contributed by atoms with Gasteiger partial charge >= 0.3 is 0 Å². The smallest absolute Gasteiger partial charge is 0.279 e. The third-order valence-electron chi connectivity index (χ3n) is 4.08. The van der Waals surface area contributed by atoms with Gasteiger partial charge in [0, 0.05) is 30.0 Å². The molecule has 1 unspecified atom stereocenters. The fraction of sp³-hybridized carbons (Fsp3) is 0.389. The van der Waals surface area contributed by atoms with Crippen LogP contribution in [0.25, 0.3) is 0 Å². The number of hydrogen-bond acceptors (Lipinski definition) is 4. The Hall–Kier alpha value is -1.89. The van der Waals surface area contributed by atoms with Gasteiger partial charge in [0.2, 0.25) is 0 Å². The molecule has 0 saturated carbocycles. The number of ether oxygens (including phenoxy) is 1. The van der Waals surface area contributed by atoms with Crippen molar-refractivity contribution >= 4 is 28.6 Å². The van der Waals surface area contributed by atoms with Gasteiger partial charge in [-0.3, -0.25) is 4.79 Å². The van der Waals surface area contributed by atoms with Crippen LogP contribution in [-0.4, -0.2) is 45.8 Å². The van der Waals surface area contributed by atoms with Gasteiger partial charge in [-0.25, -0.2) is 0 Å². The molecular formula is C18H24N3O2S+. The minimum Gasteiger partial charge on any atom is -0.378 e. The Morgan fingerprint density at radius 3 is 2.67 bits per heavy atom. The number of quaternary nitrogens is 1. The topological polar surface area (TPSA) is 46.0 Å². The van der Waals surface area contributed by atoms with Gasteiger partial charge in [-0.05, 0) is 41.1 Å². The van der Waals surface area contributed by atoms with Crippen LogP contribution in [0.5, 0.6) is 0 Å². The predicted octanol–water partition coefficient (Wildman–Crippen LogP) is 1.24. The molecule has 3 rings (SSSR count). The molecule has 0 bridgehead atoms. The number of hydrogen-bond donors (Lipinski definition) is 2. The van der Waals surface area contributed by atoms with Crippen LogP contribution < -0.4 is 15.1 Å². The molecule has 24 heavy (non-hydrogen) atoms. The van der Waals surface area contributed by atoms with E-state index in [1.807, 2.05) is 19.2 Å². The molecule has 128 valence electrons. The summed E-state index contributed by atoms with van der Waals surface area (Å²) in [5, 5.41) is 7.18. The summed E-state index contributed by atoms with van der Waals surface area (Å²) in [6, 6.07) is 10.2. The molecule has 6 heteroatoms. The van der Waals surface area contributed by atoms with Crippen LogP contribution >= 0.6 is 11.3 Å². The van der Waals surface area contributed by atoms with Gasteiger partial charge < -0.3 is 19.9 Å². The fourth-order valence-electron chi connectivity index (χ4n) is 2.86. The summed E-state index contributed by atoms with van der Waals surface area (Å²) in [5.74, 6) is 0.0434. The highest BCUT2D eigenvalue weighted by molar-refractivity contribution is 7.07. The van der Waals surface area contributed by atoms with Crippen molar-refractivity contribution in [3.63, 3.8) is 0 Å². The van der Waals surface area contributed by atoms with Gasteiger partial charge in [0.15, 0.2) is 6.54 Å². The van der Waals surface area contributed by atoms with Crippen molar-refractivity contribution in [1.29, 1.82) is 0 Å². The van der Waals surface area contributed by atoms with Gasteiger partial charge in [0.25, 0.3) is 5.91 Å². The summed E-state index contributed by atoms with van der Waals surface area (Å²) in [7, 11) is 2.04. The maximum Gasteiger partial charge on any atom is 0.279 e. The van der Waals surface area contributed by atoms with E-state index in [0.717, 1.165) is 38.5 Å². The summed E-state index contributed by atoms with van der Waals surface area (Å²) in [4.78, 5) is 15.7. The highest BCUT2D eigenvalue weighted by Crippen LogP contribution is 2.18. The molecule has 0 spiro atoms. The number of carbonyl (C=O) groups excluding carboxylic acids is 1. The number of carbonyl (C=O) groups is 1. The van der Waals surface area contributed by atoms with Crippen molar-refractivity contribution in [2.45, 2.75) is 6.54 Å². The minimum atomic E-state index is 0.0434. The molecule has 1 aromatic carbocycles. The Labute approximate surface area is 146 Å². The largest absolute Gasteiger partial charge is 0.378 e. The summed E-state index contributed by atoms with van der Waals surface area (Å²) >= 11 is 1.69. The Bertz CT molecular complexity index is 637. The third-order valence-corrected chi connectivity index (χ3v) is 4.81. The summed E-state index contributed by atoms with van der Waals surface area (Å²) in [6.45, 7) is 4.72. The van der Waals surface area contributed by atoms with E-state index in [9.17, 15) is 4.79 Å². The van der Waals surface area contributed by atoms with E-state index in [-0.39, 0.29) is 5.91 Å². The zero-order valence-corrected chi connectivity index (χ0v) is 14.8. The number of anilines is 2. The number of amides is 1. The molecule has 0 aliphatic carbocycles. The molecule has 5 nitrogen and oxygen atoms in total. The first kappa shape index (κ1) is 17.0. The SMILES string of the molecule is C[NH+](CC(=O)Nc1ccc(N2CCOCC2)cc1)Cc1ccsc1. The summed E-state index contributed by atoms with van der Waals surface area (Å²) in [6.07, 6.45) is 0. The zero-order valence-electron chi connectivity index (χ0n) is 14.0. The van der Waals surface area contributed by atoms with Gasteiger partial charge in [0.05, 0.1) is 20.3 Å². The first-order valence-electron chi connectivity index (χ1n) is 8.26. The lowest BCUT2D eigenvalue weighted by molar-refractivity contribution is -0.885. The minimum absolute atomic E-state index is 0.0434. The lowest BCUT2D eigenvalue weighted by Gasteiger charge is -2.28. The molecule has 2 N–H and O–H groups in total. The van der Waals surface area contributed by atoms with Crippen LogP contribution in [-0.2, 0) is 16.1 Å². The van der Waals surface area contributed by atoms with E-state index in [2.05, 4.69) is 39.2 Å². The van der Waals surface area contributed by atoms with Crippen LogP contribution in [0.3, 0.4) is 0 Å². The Kier molecular flexibility index (Phi) is 5.85. The number of nitrogens with zero attached hydrogens (tertiary/aromatic N) is 1. The van der Waals surface area contributed by atoms with Gasteiger partial charge in [-0.2, -0.15) is 11.3 Å². The molecule has 1 aromatic heterocycles. The van der Waals surface area contributed by atoms with Gasteiger partial charge in [0.1, 0.15) is 6.54 Å². The maximum absolute atomic E-state index is 12.2. The number of nitrogens with one attached hydrogen (secondary N) is 2. The van der Waals surface area contributed by atoms with Gasteiger partial charge in [-0.1, -0.05) is 0 Å². The van der Waals surface area contributed by atoms with E-state index >= 15 is 0 Å². The van der Waals surface area contributed by atoms with Crippen molar-refractivity contribution < 1.29 is 14.4 Å². The van der Waals surface area contributed by atoms with Gasteiger partial charge in [-0.15, -0.1) is 0 Å². The lowest BCUT2D eigenvalue weighted by atomic mass is 10.2. The van der Waals surface area contributed by atoms with E-state index in [4.69, 9.17) is 4.74 Å². The predicted molar refractivity (Wildman–Crippen MR) is 97.9 cm³/mol. The van der Waals surface area contributed by atoms with Crippen LogP contribution in [0.15, 0.2) is 41.1 Å². The Morgan fingerprint density at radius 2 is 2.00 bits per heavy atom. The number of likely N-dealkylation sites (N-methyl/N-ethyl adjacent to an activating group) is 1. The molecule has 1 aliphatic heterocycles. The maximum atomic E-state index is 12.2. The zero-order chi connectivity index (χ0) is 16.8. The summed E-state index contributed by atoms with van der Waals surface area (Å²) < 4.78 is 5.37. The second kappa shape index (κ2) is 8.28. The van der Waals surface area contributed by atoms with Crippen LogP contribution in [0.1, 0.15) is 5.56 Å². The Balaban J connectivity index is 1.48. The molecule has 2 aromatic rings. The van der Waals surface area contributed by atoms with Crippen molar-refractivity contribution in [1.82, 2.24) is 0 Å². The second-order valence-electron chi connectivity index (χ2n) is 6.14. The first-order valence-corrected chi connectivity index (χ1v) is 9.20. The lowest BCUT2D eigenvalue weighted by Crippen LogP contribution is -3.08. The van der Waals surface area contributed by atoms with E-state index in [1.54, 1.807) is 11.3 Å². The van der Waals surface area contributed by atoms with E-state index in [0.29, 0.717) is 6.54 Å². The molecule has 1 saturated heterocycles.